The second kappa shape index (κ2) is 5.78. The van der Waals surface area contributed by atoms with Gasteiger partial charge in [0.05, 0.1) is 15.6 Å². The first-order valence-corrected chi connectivity index (χ1v) is 7.07. The molecule has 0 bridgehead atoms. The average molecular weight is 283 g/mol. The summed E-state index contributed by atoms with van der Waals surface area (Å²) in [7, 11) is 0. The molecule has 1 aliphatic carbocycles. The Morgan fingerprint density at radius 1 is 1.37 bits per heavy atom. The second-order valence-electron chi connectivity index (χ2n) is 5.44. The van der Waals surface area contributed by atoms with Crippen molar-refractivity contribution in [3.63, 3.8) is 0 Å². The van der Waals surface area contributed by atoms with Crippen molar-refractivity contribution in [3.8, 4) is 0 Å². The minimum Gasteiger partial charge on any atom is -0.381 e. The number of nitro groups is 1. The largest absolute Gasteiger partial charge is 0.381 e. The summed E-state index contributed by atoms with van der Waals surface area (Å²) in [6.07, 6.45) is 3.61. The van der Waals surface area contributed by atoms with E-state index in [2.05, 4.69) is 19.2 Å². The van der Waals surface area contributed by atoms with E-state index in [0.717, 1.165) is 12.1 Å². The van der Waals surface area contributed by atoms with Crippen LogP contribution >= 0.6 is 11.6 Å². The van der Waals surface area contributed by atoms with Gasteiger partial charge in [0.1, 0.15) is 0 Å². The summed E-state index contributed by atoms with van der Waals surface area (Å²) in [4.78, 5) is 10.2. The molecule has 0 aromatic heterocycles. The summed E-state index contributed by atoms with van der Waals surface area (Å²) in [5.41, 5.74) is 0.818. The lowest BCUT2D eigenvalue weighted by Crippen LogP contribution is -2.35. The summed E-state index contributed by atoms with van der Waals surface area (Å²) < 4.78 is 0. The highest BCUT2D eigenvalue weighted by atomic mass is 35.5. The molecule has 5 heteroatoms. The third kappa shape index (κ3) is 3.18. The number of nitrogens with one attached hydrogen (secondary N) is 1. The summed E-state index contributed by atoms with van der Waals surface area (Å²) >= 11 is 6.11. The van der Waals surface area contributed by atoms with E-state index in [1.54, 1.807) is 6.07 Å². The molecule has 1 aromatic rings. The lowest BCUT2D eigenvalue weighted by molar-refractivity contribution is -0.384. The highest BCUT2D eigenvalue weighted by molar-refractivity contribution is 6.33. The molecule has 3 atom stereocenters. The molecule has 19 heavy (non-hydrogen) atoms. The van der Waals surface area contributed by atoms with E-state index in [1.165, 1.54) is 25.0 Å². The van der Waals surface area contributed by atoms with Gasteiger partial charge in [-0.25, -0.2) is 0 Å². The molecule has 4 nitrogen and oxygen atoms in total. The van der Waals surface area contributed by atoms with Crippen LogP contribution in [0, 0.1) is 22.0 Å². The van der Waals surface area contributed by atoms with Gasteiger partial charge in [0.25, 0.3) is 5.69 Å². The number of hydrogen-bond acceptors (Lipinski definition) is 3. The van der Waals surface area contributed by atoms with Crippen molar-refractivity contribution in [2.45, 2.75) is 39.2 Å². The molecule has 0 saturated heterocycles. The fraction of sp³-hybridized carbons (Fsp3) is 0.571. The van der Waals surface area contributed by atoms with E-state index < -0.39 is 4.92 Å². The minimum absolute atomic E-state index is 0.0283. The van der Waals surface area contributed by atoms with E-state index in [1.807, 2.05) is 0 Å². The normalized spacial score (nSPS) is 27.0. The molecule has 1 aliphatic rings. The Morgan fingerprint density at radius 3 is 2.74 bits per heavy atom. The second-order valence-corrected chi connectivity index (χ2v) is 5.85. The first kappa shape index (κ1) is 14.1. The van der Waals surface area contributed by atoms with Gasteiger partial charge in [-0.05, 0) is 24.3 Å². The van der Waals surface area contributed by atoms with Gasteiger partial charge >= 0.3 is 0 Å². The standard InChI is InChI=1S/C14H19ClN2O2/c1-9-4-3-5-13(10(9)2)16-14-7-6-11(17(18)19)8-12(14)15/h6-10,13,16H,3-5H2,1-2H3. The molecular weight excluding hydrogens is 264 g/mol. The third-order valence-electron chi connectivity index (χ3n) is 4.21. The molecule has 1 N–H and O–H groups in total. The predicted octanol–water partition coefficient (Wildman–Crippen LogP) is 4.48. The molecule has 0 heterocycles. The first-order chi connectivity index (χ1) is 8.99. The fourth-order valence-electron chi connectivity index (χ4n) is 2.72. The highest BCUT2D eigenvalue weighted by Crippen LogP contribution is 2.34. The monoisotopic (exact) mass is 282 g/mol. The quantitative estimate of drug-likeness (QED) is 0.657. The zero-order chi connectivity index (χ0) is 14.0. The van der Waals surface area contributed by atoms with Crippen molar-refractivity contribution in [3.05, 3.63) is 33.3 Å². The van der Waals surface area contributed by atoms with Crippen LogP contribution < -0.4 is 5.32 Å². The summed E-state index contributed by atoms with van der Waals surface area (Å²) in [5.74, 6) is 1.28. The number of hydrogen-bond donors (Lipinski definition) is 1. The Morgan fingerprint density at radius 2 is 2.11 bits per heavy atom. The van der Waals surface area contributed by atoms with E-state index in [-0.39, 0.29) is 5.69 Å². The van der Waals surface area contributed by atoms with Gasteiger partial charge in [0.15, 0.2) is 0 Å². The molecule has 0 amide bonds. The van der Waals surface area contributed by atoms with Crippen LogP contribution in [0.3, 0.4) is 0 Å². The summed E-state index contributed by atoms with van der Waals surface area (Å²) in [6.45, 7) is 4.52. The zero-order valence-corrected chi connectivity index (χ0v) is 12.0. The van der Waals surface area contributed by atoms with Crippen LogP contribution in [-0.2, 0) is 0 Å². The van der Waals surface area contributed by atoms with Crippen LogP contribution in [0.15, 0.2) is 18.2 Å². The van der Waals surface area contributed by atoms with Gasteiger partial charge in [0.2, 0.25) is 0 Å². The minimum atomic E-state index is -0.430. The van der Waals surface area contributed by atoms with Crippen LogP contribution in [0.25, 0.3) is 0 Å². The van der Waals surface area contributed by atoms with Crippen molar-refractivity contribution >= 4 is 23.0 Å². The third-order valence-corrected chi connectivity index (χ3v) is 4.52. The maximum atomic E-state index is 10.7. The maximum Gasteiger partial charge on any atom is 0.271 e. The number of halogens is 1. The van der Waals surface area contributed by atoms with Gasteiger partial charge in [0, 0.05) is 18.2 Å². The summed E-state index contributed by atoms with van der Waals surface area (Å²) in [5, 5.41) is 14.5. The summed E-state index contributed by atoms with van der Waals surface area (Å²) in [6, 6.07) is 4.99. The van der Waals surface area contributed by atoms with Gasteiger partial charge in [-0.1, -0.05) is 38.3 Å². The van der Waals surface area contributed by atoms with Crippen molar-refractivity contribution in [2.75, 3.05) is 5.32 Å². The van der Waals surface area contributed by atoms with Crippen LogP contribution in [0.4, 0.5) is 11.4 Å². The van der Waals surface area contributed by atoms with Gasteiger partial charge in [-0.3, -0.25) is 10.1 Å². The SMILES string of the molecule is CC1CCCC(Nc2ccc([N+](=O)[O-])cc2Cl)C1C. The van der Waals surface area contributed by atoms with Crippen molar-refractivity contribution < 1.29 is 4.92 Å². The first-order valence-electron chi connectivity index (χ1n) is 6.69. The molecule has 3 unspecified atom stereocenters. The number of anilines is 1. The van der Waals surface area contributed by atoms with E-state index >= 15 is 0 Å². The molecule has 0 radical (unpaired) electrons. The molecule has 1 aromatic carbocycles. The number of non-ortho nitro benzene ring substituents is 1. The lowest BCUT2D eigenvalue weighted by Gasteiger charge is -2.35. The maximum absolute atomic E-state index is 10.7. The topological polar surface area (TPSA) is 55.2 Å². The Kier molecular flexibility index (Phi) is 4.30. The molecule has 104 valence electrons. The van der Waals surface area contributed by atoms with Crippen LogP contribution in [-0.4, -0.2) is 11.0 Å². The van der Waals surface area contributed by atoms with Gasteiger partial charge in [-0.15, -0.1) is 0 Å². The van der Waals surface area contributed by atoms with Crippen molar-refractivity contribution in [2.24, 2.45) is 11.8 Å². The Hall–Kier alpha value is -1.29. The van der Waals surface area contributed by atoms with Crippen molar-refractivity contribution in [1.29, 1.82) is 0 Å². The van der Waals surface area contributed by atoms with Crippen LogP contribution in [0.5, 0.6) is 0 Å². The van der Waals surface area contributed by atoms with Gasteiger partial charge in [-0.2, -0.15) is 0 Å². The number of nitrogens with zero attached hydrogens (tertiary/aromatic N) is 1. The van der Waals surface area contributed by atoms with Crippen molar-refractivity contribution in [1.82, 2.24) is 0 Å². The Bertz CT molecular complexity index is 479. The van der Waals surface area contributed by atoms with E-state index in [4.69, 9.17) is 11.6 Å². The van der Waals surface area contributed by atoms with Crippen LogP contribution in [0.1, 0.15) is 33.1 Å². The Labute approximate surface area is 118 Å². The molecule has 1 fully saturated rings. The number of nitro benzene ring substituents is 1. The van der Waals surface area contributed by atoms with Gasteiger partial charge < -0.3 is 5.32 Å². The predicted molar refractivity (Wildman–Crippen MR) is 77.7 cm³/mol. The lowest BCUT2D eigenvalue weighted by atomic mass is 9.78. The number of benzene rings is 1. The zero-order valence-electron chi connectivity index (χ0n) is 11.2. The number of rotatable bonds is 3. The van der Waals surface area contributed by atoms with E-state index in [9.17, 15) is 10.1 Å². The smallest absolute Gasteiger partial charge is 0.271 e. The molecule has 0 aliphatic heterocycles. The molecule has 0 spiro atoms. The Balaban J connectivity index is 2.12. The van der Waals surface area contributed by atoms with E-state index in [0.29, 0.717) is 22.9 Å². The fourth-order valence-corrected chi connectivity index (χ4v) is 2.95. The molecular formula is C14H19ClN2O2. The molecule has 1 saturated carbocycles. The highest BCUT2D eigenvalue weighted by Gasteiger charge is 2.27. The van der Waals surface area contributed by atoms with Crippen LogP contribution in [0.2, 0.25) is 5.02 Å². The molecule has 2 rings (SSSR count). The average Bonchev–Trinajstić information content (AvgIpc) is 2.37.